The third kappa shape index (κ3) is 3.67. The Bertz CT molecular complexity index is 417. The predicted octanol–water partition coefficient (Wildman–Crippen LogP) is 2.58. The molecule has 19 heavy (non-hydrogen) atoms. The van der Waals surface area contributed by atoms with Crippen LogP contribution in [-0.4, -0.2) is 38.2 Å². The fourth-order valence-corrected chi connectivity index (χ4v) is 2.58. The number of hydrogen-bond acceptors (Lipinski definition) is 3. The van der Waals surface area contributed by atoms with Crippen LogP contribution in [0.3, 0.4) is 0 Å². The minimum absolute atomic E-state index is 0.161. The molecule has 1 atom stereocenters. The largest absolute Gasteiger partial charge is 0.494 e. The maximum absolute atomic E-state index is 13.7. The van der Waals surface area contributed by atoms with Gasteiger partial charge in [0.2, 0.25) is 0 Å². The molecule has 1 aromatic carbocycles. The molecule has 0 spiro atoms. The molecular formula is C15H23FN2O. The molecule has 1 fully saturated rings. The van der Waals surface area contributed by atoms with Gasteiger partial charge in [0, 0.05) is 12.1 Å². The molecule has 2 rings (SSSR count). The van der Waals surface area contributed by atoms with Crippen LogP contribution in [0, 0.1) is 5.82 Å². The summed E-state index contributed by atoms with van der Waals surface area (Å²) in [7, 11) is 3.64. The Morgan fingerprint density at radius 3 is 2.63 bits per heavy atom. The van der Waals surface area contributed by atoms with E-state index in [1.165, 1.54) is 7.11 Å². The Labute approximate surface area is 114 Å². The van der Waals surface area contributed by atoms with Crippen LogP contribution < -0.4 is 10.1 Å². The van der Waals surface area contributed by atoms with E-state index in [1.54, 1.807) is 12.1 Å². The summed E-state index contributed by atoms with van der Waals surface area (Å²) in [5.74, 6) is 0.00673. The molecule has 0 aromatic heterocycles. The second kappa shape index (κ2) is 6.35. The summed E-state index contributed by atoms with van der Waals surface area (Å²) in [5, 5.41) is 3.59. The van der Waals surface area contributed by atoms with Gasteiger partial charge in [-0.25, -0.2) is 4.39 Å². The quantitative estimate of drug-likeness (QED) is 0.906. The SMILES string of the molecule is COc1ccc([C@@H](C)NC2CCN(C)CC2)cc1F. The Morgan fingerprint density at radius 1 is 1.37 bits per heavy atom. The molecule has 0 radical (unpaired) electrons. The van der Waals surface area contributed by atoms with Crippen LogP contribution in [0.25, 0.3) is 0 Å². The van der Waals surface area contributed by atoms with E-state index in [9.17, 15) is 4.39 Å². The zero-order valence-corrected chi connectivity index (χ0v) is 11.9. The van der Waals surface area contributed by atoms with Crippen LogP contribution in [-0.2, 0) is 0 Å². The smallest absolute Gasteiger partial charge is 0.165 e. The van der Waals surface area contributed by atoms with E-state index in [0.717, 1.165) is 31.5 Å². The van der Waals surface area contributed by atoms with Crippen molar-refractivity contribution in [1.82, 2.24) is 10.2 Å². The van der Waals surface area contributed by atoms with Crippen LogP contribution in [0.2, 0.25) is 0 Å². The summed E-state index contributed by atoms with van der Waals surface area (Å²) in [4.78, 5) is 2.34. The van der Waals surface area contributed by atoms with E-state index < -0.39 is 0 Å². The third-order valence-electron chi connectivity index (χ3n) is 3.88. The highest BCUT2D eigenvalue weighted by Crippen LogP contribution is 2.23. The van der Waals surface area contributed by atoms with Gasteiger partial charge in [-0.05, 0) is 57.6 Å². The molecule has 106 valence electrons. The topological polar surface area (TPSA) is 24.5 Å². The number of likely N-dealkylation sites (tertiary alicyclic amines) is 1. The standard InChI is InChI=1S/C15H23FN2O/c1-11(17-13-6-8-18(2)9-7-13)12-4-5-15(19-3)14(16)10-12/h4-5,10-11,13,17H,6-9H2,1-3H3/t11-/m1/s1. The van der Waals surface area contributed by atoms with Crippen molar-refractivity contribution in [2.75, 3.05) is 27.2 Å². The number of ether oxygens (including phenoxy) is 1. The van der Waals surface area contributed by atoms with Crippen molar-refractivity contribution < 1.29 is 9.13 Å². The van der Waals surface area contributed by atoms with Gasteiger partial charge in [-0.3, -0.25) is 0 Å². The first kappa shape index (κ1) is 14.3. The maximum atomic E-state index is 13.7. The predicted molar refractivity (Wildman–Crippen MR) is 75.0 cm³/mol. The first-order valence-corrected chi connectivity index (χ1v) is 6.88. The minimum atomic E-state index is -0.294. The van der Waals surface area contributed by atoms with Crippen LogP contribution in [0.15, 0.2) is 18.2 Å². The van der Waals surface area contributed by atoms with Gasteiger partial charge in [-0.2, -0.15) is 0 Å². The zero-order chi connectivity index (χ0) is 13.8. The lowest BCUT2D eigenvalue weighted by molar-refractivity contribution is 0.226. The van der Waals surface area contributed by atoms with Gasteiger partial charge in [-0.1, -0.05) is 6.07 Å². The number of nitrogens with one attached hydrogen (secondary N) is 1. The number of methoxy groups -OCH3 is 1. The van der Waals surface area contributed by atoms with Crippen molar-refractivity contribution in [3.8, 4) is 5.75 Å². The summed E-state index contributed by atoms with van der Waals surface area (Å²) >= 11 is 0. The van der Waals surface area contributed by atoms with Gasteiger partial charge in [0.25, 0.3) is 0 Å². The van der Waals surface area contributed by atoms with Crippen molar-refractivity contribution in [2.24, 2.45) is 0 Å². The summed E-state index contributed by atoms with van der Waals surface area (Å²) in [6.07, 6.45) is 2.30. The lowest BCUT2D eigenvalue weighted by atomic mass is 10.0. The second-order valence-corrected chi connectivity index (χ2v) is 5.36. The average Bonchev–Trinajstić information content (AvgIpc) is 2.41. The summed E-state index contributed by atoms with van der Waals surface area (Å²) in [6.45, 7) is 4.34. The lowest BCUT2D eigenvalue weighted by Gasteiger charge is -2.31. The van der Waals surface area contributed by atoms with E-state index in [-0.39, 0.29) is 11.9 Å². The average molecular weight is 266 g/mol. The molecule has 0 unspecified atom stereocenters. The normalized spacial score (nSPS) is 19.4. The summed E-state index contributed by atoms with van der Waals surface area (Å²) in [5.41, 5.74) is 0.970. The van der Waals surface area contributed by atoms with Crippen molar-refractivity contribution >= 4 is 0 Å². The van der Waals surface area contributed by atoms with Gasteiger partial charge in [0.15, 0.2) is 11.6 Å². The zero-order valence-electron chi connectivity index (χ0n) is 11.9. The number of hydrogen-bond donors (Lipinski definition) is 1. The second-order valence-electron chi connectivity index (χ2n) is 5.36. The number of rotatable bonds is 4. The molecule has 4 heteroatoms. The van der Waals surface area contributed by atoms with Crippen LogP contribution in [0.5, 0.6) is 5.75 Å². The molecule has 1 saturated heterocycles. The Morgan fingerprint density at radius 2 is 2.05 bits per heavy atom. The number of halogens is 1. The van der Waals surface area contributed by atoms with Gasteiger partial charge >= 0.3 is 0 Å². The van der Waals surface area contributed by atoms with E-state index in [1.807, 2.05) is 6.07 Å². The highest BCUT2D eigenvalue weighted by Gasteiger charge is 2.19. The highest BCUT2D eigenvalue weighted by molar-refractivity contribution is 5.30. The van der Waals surface area contributed by atoms with E-state index >= 15 is 0 Å². The molecule has 1 aliphatic rings. The number of benzene rings is 1. The van der Waals surface area contributed by atoms with Crippen molar-refractivity contribution in [2.45, 2.75) is 31.8 Å². The summed E-state index contributed by atoms with van der Waals surface area (Å²) in [6, 6.07) is 5.86. The summed E-state index contributed by atoms with van der Waals surface area (Å²) < 4.78 is 18.6. The van der Waals surface area contributed by atoms with E-state index in [2.05, 4.69) is 24.2 Å². The maximum Gasteiger partial charge on any atom is 0.165 e. The van der Waals surface area contributed by atoms with Crippen molar-refractivity contribution in [1.29, 1.82) is 0 Å². The molecular weight excluding hydrogens is 243 g/mol. The lowest BCUT2D eigenvalue weighted by Crippen LogP contribution is -2.41. The molecule has 1 aromatic rings. The van der Waals surface area contributed by atoms with Crippen LogP contribution in [0.1, 0.15) is 31.4 Å². The molecule has 1 aliphatic heterocycles. The van der Waals surface area contributed by atoms with Gasteiger partial charge < -0.3 is 15.0 Å². The van der Waals surface area contributed by atoms with E-state index in [0.29, 0.717) is 11.8 Å². The molecule has 1 heterocycles. The van der Waals surface area contributed by atoms with E-state index in [4.69, 9.17) is 4.74 Å². The first-order chi connectivity index (χ1) is 9.10. The molecule has 0 bridgehead atoms. The molecule has 1 N–H and O–H groups in total. The molecule has 3 nitrogen and oxygen atoms in total. The Hall–Kier alpha value is -1.13. The molecule has 0 saturated carbocycles. The van der Waals surface area contributed by atoms with Crippen molar-refractivity contribution in [3.05, 3.63) is 29.6 Å². The van der Waals surface area contributed by atoms with Gasteiger partial charge in [0.05, 0.1) is 7.11 Å². The minimum Gasteiger partial charge on any atom is -0.494 e. The molecule has 0 aliphatic carbocycles. The highest BCUT2D eigenvalue weighted by atomic mass is 19.1. The van der Waals surface area contributed by atoms with Crippen LogP contribution in [0.4, 0.5) is 4.39 Å². The molecule has 0 amide bonds. The fourth-order valence-electron chi connectivity index (χ4n) is 2.58. The Kier molecular flexibility index (Phi) is 4.77. The fraction of sp³-hybridized carbons (Fsp3) is 0.600. The first-order valence-electron chi connectivity index (χ1n) is 6.88. The van der Waals surface area contributed by atoms with Gasteiger partial charge in [0.1, 0.15) is 0 Å². The van der Waals surface area contributed by atoms with Crippen LogP contribution >= 0.6 is 0 Å². The monoisotopic (exact) mass is 266 g/mol. The number of piperidine rings is 1. The number of nitrogens with zero attached hydrogens (tertiary/aromatic N) is 1. The van der Waals surface area contributed by atoms with Crippen molar-refractivity contribution in [3.63, 3.8) is 0 Å². The third-order valence-corrected chi connectivity index (χ3v) is 3.88. The van der Waals surface area contributed by atoms with Gasteiger partial charge in [-0.15, -0.1) is 0 Å². The Balaban J connectivity index is 1.96.